The molecule has 116 valence electrons. The van der Waals surface area contributed by atoms with Gasteiger partial charge < -0.3 is 15.5 Å². The summed E-state index contributed by atoms with van der Waals surface area (Å²) in [5, 5.41) is 16.7. The number of nitro benzene ring substituents is 1. The SMILES string of the molecule is CCNc1c(C(=O)NCCCN(C)C)cccc1[N+](=O)[O-]. The van der Waals surface area contributed by atoms with Crippen molar-refractivity contribution in [2.75, 3.05) is 39.0 Å². The Labute approximate surface area is 124 Å². The van der Waals surface area contributed by atoms with Crippen molar-refractivity contribution in [1.29, 1.82) is 0 Å². The Morgan fingerprint density at radius 2 is 2.10 bits per heavy atom. The summed E-state index contributed by atoms with van der Waals surface area (Å²) >= 11 is 0. The molecule has 0 aliphatic heterocycles. The molecule has 0 unspecified atom stereocenters. The van der Waals surface area contributed by atoms with E-state index in [4.69, 9.17) is 0 Å². The number of nitrogens with zero attached hydrogens (tertiary/aromatic N) is 2. The number of para-hydroxylation sites is 1. The highest BCUT2D eigenvalue weighted by atomic mass is 16.6. The van der Waals surface area contributed by atoms with E-state index < -0.39 is 4.92 Å². The summed E-state index contributed by atoms with van der Waals surface area (Å²) in [7, 11) is 3.93. The standard InChI is InChI=1S/C14H22N4O3/c1-4-15-13-11(7-5-8-12(13)18(20)21)14(19)16-9-6-10-17(2)3/h5,7-8,15H,4,6,9-10H2,1-3H3,(H,16,19). The summed E-state index contributed by atoms with van der Waals surface area (Å²) in [5.41, 5.74) is 0.490. The molecule has 1 rings (SSSR count). The first kappa shape index (κ1) is 16.9. The molecule has 0 fully saturated rings. The Hall–Kier alpha value is -2.15. The Kier molecular flexibility index (Phi) is 6.61. The second-order valence-corrected chi connectivity index (χ2v) is 4.90. The molecule has 0 aliphatic rings. The number of rotatable bonds is 8. The number of carbonyl (C=O) groups excluding carboxylic acids is 1. The van der Waals surface area contributed by atoms with E-state index in [0.717, 1.165) is 13.0 Å². The number of carbonyl (C=O) groups is 1. The fourth-order valence-electron chi connectivity index (χ4n) is 1.94. The molecule has 0 radical (unpaired) electrons. The first-order valence-electron chi connectivity index (χ1n) is 6.91. The molecule has 1 aromatic carbocycles. The van der Waals surface area contributed by atoms with Gasteiger partial charge in [-0.05, 0) is 40.1 Å². The van der Waals surface area contributed by atoms with Gasteiger partial charge in [0.15, 0.2) is 0 Å². The minimum Gasteiger partial charge on any atom is -0.379 e. The number of benzene rings is 1. The van der Waals surface area contributed by atoms with E-state index in [-0.39, 0.29) is 17.3 Å². The largest absolute Gasteiger partial charge is 0.379 e. The van der Waals surface area contributed by atoms with Crippen molar-refractivity contribution in [2.24, 2.45) is 0 Å². The van der Waals surface area contributed by atoms with Crippen LogP contribution >= 0.6 is 0 Å². The zero-order valence-electron chi connectivity index (χ0n) is 12.7. The maximum Gasteiger partial charge on any atom is 0.293 e. The second kappa shape index (κ2) is 8.21. The fraction of sp³-hybridized carbons (Fsp3) is 0.500. The van der Waals surface area contributed by atoms with Crippen molar-refractivity contribution in [3.63, 3.8) is 0 Å². The van der Waals surface area contributed by atoms with Crippen LogP contribution in [0.2, 0.25) is 0 Å². The predicted octanol–water partition coefficient (Wildman–Crippen LogP) is 1.71. The highest BCUT2D eigenvalue weighted by Crippen LogP contribution is 2.28. The zero-order valence-corrected chi connectivity index (χ0v) is 12.7. The van der Waals surface area contributed by atoms with Crippen molar-refractivity contribution in [1.82, 2.24) is 10.2 Å². The van der Waals surface area contributed by atoms with Crippen molar-refractivity contribution < 1.29 is 9.72 Å². The summed E-state index contributed by atoms with van der Waals surface area (Å²) in [6, 6.07) is 4.50. The number of nitro groups is 1. The summed E-state index contributed by atoms with van der Waals surface area (Å²) in [6.45, 7) is 3.74. The van der Waals surface area contributed by atoms with Crippen LogP contribution in [0.1, 0.15) is 23.7 Å². The van der Waals surface area contributed by atoms with Crippen LogP contribution in [-0.2, 0) is 0 Å². The molecule has 0 saturated heterocycles. The lowest BCUT2D eigenvalue weighted by molar-refractivity contribution is -0.384. The minimum atomic E-state index is -0.485. The summed E-state index contributed by atoms with van der Waals surface area (Å²) < 4.78 is 0. The van der Waals surface area contributed by atoms with Gasteiger partial charge in [0.1, 0.15) is 5.69 Å². The van der Waals surface area contributed by atoms with E-state index in [2.05, 4.69) is 10.6 Å². The molecule has 0 aliphatic carbocycles. The Morgan fingerprint density at radius 1 is 1.38 bits per heavy atom. The lowest BCUT2D eigenvalue weighted by Gasteiger charge is -2.12. The van der Waals surface area contributed by atoms with E-state index in [1.165, 1.54) is 12.1 Å². The highest BCUT2D eigenvalue weighted by molar-refractivity contribution is 6.01. The molecule has 2 N–H and O–H groups in total. The molecule has 0 heterocycles. The van der Waals surface area contributed by atoms with E-state index in [1.807, 2.05) is 25.9 Å². The van der Waals surface area contributed by atoms with Gasteiger partial charge in [0.05, 0.1) is 10.5 Å². The van der Waals surface area contributed by atoms with Gasteiger partial charge in [0, 0.05) is 19.2 Å². The molecule has 7 nitrogen and oxygen atoms in total. The van der Waals surface area contributed by atoms with Gasteiger partial charge in [-0.25, -0.2) is 0 Å². The van der Waals surface area contributed by atoms with Crippen molar-refractivity contribution in [3.05, 3.63) is 33.9 Å². The highest BCUT2D eigenvalue weighted by Gasteiger charge is 2.20. The maximum absolute atomic E-state index is 12.2. The number of anilines is 1. The summed E-state index contributed by atoms with van der Waals surface area (Å²) in [6.07, 6.45) is 0.824. The molecule has 0 atom stereocenters. The number of hydrogen-bond acceptors (Lipinski definition) is 5. The first-order chi connectivity index (χ1) is 9.97. The van der Waals surface area contributed by atoms with E-state index in [9.17, 15) is 14.9 Å². The third kappa shape index (κ3) is 5.03. The van der Waals surface area contributed by atoms with Crippen LogP contribution in [0.5, 0.6) is 0 Å². The number of nitrogens with one attached hydrogen (secondary N) is 2. The van der Waals surface area contributed by atoms with Crippen LogP contribution in [0, 0.1) is 10.1 Å². The summed E-state index contributed by atoms with van der Waals surface area (Å²) in [4.78, 5) is 24.8. The van der Waals surface area contributed by atoms with Gasteiger partial charge in [-0.15, -0.1) is 0 Å². The molecule has 1 amide bonds. The topological polar surface area (TPSA) is 87.5 Å². The van der Waals surface area contributed by atoms with Crippen molar-refractivity contribution >= 4 is 17.3 Å². The quantitative estimate of drug-likeness (QED) is 0.433. The normalized spacial score (nSPS) is 10.5. The van der Waals surface area contributed by atoms with Crippen LogP contribution in [0.25, 0.3) is 0 Å². The third-order valence-corrected chi connectivity index (χ3v) is 2.91. The third-order valence-electron chi connectivity index (χ3n) is 2.91. The van der Waals surface area contributed by atoms with Gasteiger partial charge in [0.2, 0.25) is 0 Å². The smallest absolute Gasteiger partial charge is 0.293 e. The first-order valence-corrected chi connectivity index (χ1v) is 6.91. The van der Waals surface area contributed by atoms with Gasteiger partial charge in [-0.3, -0.25) is 14.9 Å². The van der Waals surface area contributed by atoms with Gasteiger partial charge in [0.25, 0.3) is 11.6 Å². The van der Waals surface area contributed by atoms with Crippen LogP contribution in [0.15, 0.2) is 18.2 Å². The number of hydrogen-bond donors (Lipinski definition) is 2. The Morgan fingerprint density at radius 3 is 2.67 bits per heavy atom. The van der Waals surface area contributed by atoms with E-state index in [1.54, 1.807) is 6.07 Å². The Bertz CT molecular complexity index is 503. The average molecular weight is 294 g/mol. The molecule has 0 bridgehead atoms. The molecule has 0 spiro atoms. The van der Waals surface area contributed by atoms with Crippen molar-refractivity contribution in [2.45, 2.75) is 13.3 Å². The lowest BCUT2D eigenvalue weighted by Crippen LogP contribution is -2.28. The van der Waals surface area contributed by atoms with Crippen LogP contribution in [0.4, 0.5) is 11.4 Å². The fourth-order valence-corrected chi connectivity index (χ4v) is 1.94. The molecule has 1 aromatic rings. The molecular formula is C14H22N4O3. The van der Waals surface area contributed by atoms with Crippen LogP contribution in [-0.4, -0.2) is 49.5 Å². The second-order valence-electron chi connectivity index (χ2n) is 4.90. The van der Waals surface area contributed by atoms with E-state index >= 15 is 0 Å². The molecule has 21 heavy (non-hydrogen) atoms. The van der Waals surface area contributed by atoms with Gasteiger partial charge >= 0.3 is 0 Å². The molecule has 0 saturated carbocycles. The summed E-state index contributed by atoms with van der Waals surface area (Å²) in [5.74, 6) is -0.298. The van der Waals surface area contributed by atoms with Gasteiger partial charge in [-0.2, -0.15) is 0 Å². The minimum absolute atomic E-state index is 0.0854. The molecular weight excluding hydrogens is 272 g/mol. The molecule has 7 heteroatoms. The lowest BCUT2D eigenvalue weighted by atomic mass is 10.1. The van der Waals surface area contributed by atoms with Crippen LogP contribution < -0.4 is 10.6 Å². The Balaban J connectivity index is 2.83. The van der Waals surface area contributed by atoms with E-state index in [0.29, 0.717) is 18.7 Å². The van der Waals surface area contributed by atoms with Crippen molar-refractivity contribution in [3.8, 4) is 0 Å². The van der Waals surface area contributed by atoms with Crippen LogP contribution in [0.3, 0.4) is 0 Å². The zero-order chi connectivity index (χ0) is 15.8. The number of amides is 1. The molecule has 0 aromatic heterocycles. The van der Waals surface area contributed by atoms with Gasteiger partial charge in [-0.1, -0.05) is 6.07 Å². The maximum atomic E-state index is 12.2. The monoisotopic (exact) mass is 294 g/mol. The predicted molar refractivity (Wildman–Crippen MR) is 82.8 cm³/mol. The average Bonchev–Trinajstić information content (AvgIpc) is 2.43.